The van der Waals surface area contributed by atoms with E-state index in [0.717, 1.165) is 74.1 Å². The van der Waals surface area contributed by atoms with Crippen molar-refractivity contribution in [3.63, 3.8) is 0 Å². The SMILES string of the molecule is CCCCCCCCC(C)CCCCCCCC(=O)O[C@@H]1[C@H](OC(C)=O)[C@@H](OC(C)=O)[C@H](OC(C)=O)[C@@H](OC(C)=O)[C@@H]1O[C@@H]1OC[C@@H](OC(C)=O)[C@H](OC(C)=O)[C@@H]1OC(C)=O. The molecule has 18 nitrogen and oxygen atoms in total. The molecule has 1 saturated heterocycles. The van der Waals surface area contributed by atoms with Crippen LogP contribution in [0, 0.1) is 5.92 Å². The number of rotatable bonds is 25. The van der Waals surface area contributed by atoms with Crippen LogP contribution in [0.15, 0.2) is 0 Å². The van der Waals surface area contributed by atoms with E-state index in [1.54, 1.807) is 0 Å². The minimum absolute atomic E-state index is 0.0944. The van der Waals surface area contributed by atoms with Gasteiger partial charge >= 0.3 is 47.8 Å². The zero-order valence-corrected chi connectivity index (χ0v) is 37.3. The van der Waals surface area contributed by atoms with Gasteiger partial charge in [-0.3, -0.25) is 38.4 Å². The van der Waals surface area contributed by atoms with Crippen molar-refractivity contribution >= 4 is 47.8 Å². The van der Waals surface area contributed by atoms with Crippen LogP contribution in [-0.2, 0) is 85.7 Å². The number of hydrogen-bond donors (Lipinski definition) is 0. The summed E-state index contributed by atoms with van der Waals surface area (Å²) in [7, 11) is 0. The van der Waals surface area contributed by atoms with Crippen LogP contribution in [0.1, 0.15) is 152 Å². The van der Waals surface area contributed by atoms with Crippen LogP contribution >= 0.6 is 0 Å². The molecule has 0 amide bonds. The molecule has 11 atom stereocenters. The quantitative estimate of drug-likeness (QED) is 0.0644. The van der Waals surface area contributed by atoms with Crippen molar-refractivity contribution in [3.8, 4) is 0 Å². The molecule has 1 aliphatic carbocycles. The molecule has 1 aliphatic heterocycles. The largest absolute Gasteiger partial charge is 0.456 e. The fourth-order valence-corrected chi connectivity index (χ4v) is 7.61. The van der Waals surface area contributed by atoms with E-state index in [9.17, 15) is 38.4 Å². The van der Waals surface area contributed by atoms with Crippen LogP contribution in [0.2, 0.25) is 0 Å². The fourth-order valence-electron chi connectivity index (χ4n) is 7.61. The Bertz CT molecular complexity index is 1450. The highest BCUT2D eigenvalue weighted by molar-refractivity contribution is 5.71. The van der Waals surface area contributed by atoms with Crippen molar-refractivity contribution < 1.29 is 85.7 Å². The summed E-state index contributed by atoms with van der Waals surface area (Å²) in [5, 5.41) is 0. The summed E-state index contributed by atoms with van der Waals surface area (Å²) < 4.78 is 56.7. The van der Waals surface area contributed by atoms with Crippen LogP contribution in [0.5, 0.6) is 0 Å². The number of carbonyl (C=O) groups is 8. The predicted octanol–water partition coefficient (Wildman–Crippen LogP) is 5.29. The Morgan fingerprint density at radius 2 is 0.803 bits per heavy atom. The average Bonchev–Trinajstić information content (AvgIpc) is 3.14. The number of esters is 8. The van der Waals surface area contributed by atoms with Gasteiger partial charge in [-0.25, -0.2) is 0 Å². The fraction of sp³-hybridized carbons (Fsp3) is 0.814. The van der Waals surface area contributed by atoms with Gasteiger partial charge in [-0.1, -0.05) is 90.9 Å². The number of hydrogen-bond acceptors (Lipinski definition) is 18. The maximum atomic E-state index is 13.7. The molecule has 0 radical (unpaired) electrons. The molecule has 2 aliphatic rings. The van der Waals surface area contributed by atoms with Crippen molar-refractivity contribution in [2.24, 2.45) is 5.92 Å². The van der Waals surface area contributed by atoms with E-state index >= 15 is 0 Å². The lowest BCUT2D eigenvalue weighted by molar-refractivity contribution is -0.326. The normalized spacial score (nSPS) is 26.4. The number of carbonyl (C=O) groups excluding carboxylic acids is 8. The lowest BCUT2D eigenvalue weighted by Gasteiger charge is -2.49. The topological polar surface area (TPSA) is 229 Å². The molecule has 61 heavy (non-hydrogen) atoms. The first kappa shape index (κ1) is 52.8. The van der Waals surface area contributed by atoms with E-state index in [2.05, 4.69) is 13.8 Å². The smallest absolute Gasteiger partial charge is 0.306 e. The average molecular weight is 873 g/mol. The van der Waals surface area contributed by atoms with Gasteiger partial charge in [0, 0.05) is 54.9 Å². The van der Waals surface area contributed by atoms with Crippen LogP contribution in [0.4, 0.5) is 0 Å². The number of unbranched alkanes of at least 4 members (excludes halogenated alkanes) is 9. The molecule has 2 rings (SSSR count). The van der Waals surface area contributed by atoms with E-state index in [1.807, 2.05) is 0 Å². The van der Waals surface area contributed by atoms with Crippen LogP contribution in [0.3, 0.4) is 0 Å². The molecule has 0 bridgehead atoms. The van der Waals surface area contributed by atoms with Crippen molar-refractivity contribution in [3.05, 3.63) is 0 Å². The monoisotopic (exact) mass is 872 g/mol. The minimum Gasteiger partial charge on any atom is -0.456 e. The van der Waals surface area contributed by atoms with Gasteiger partial charge in [0.15, 0.2) is 55.1 Å². The molecule has 0 spiro atoms. The summed E-state index contributed by atoms with van der Waals surface area (Å²) in [6, 6.07) is 0. The lowest BCUT2D eigenvalue weighted by Crippen LogP contribution is -2.70. The molecule has 1 unspecified atom stereocenters. The van der Waals surface area contributed by atoms with Crippen LogP contribution < -0.4 is 0 Å². The molecular weight excluding hydrogens is 804 g/mol. The Morgan fingerprint density at radius 1 is 0.443 bits per heavy atom. The van der Waals surface area contributed by atoms with Crippen LogP contribution in [-0.4, -0.2) is 116 Å². The predicted molar refractivity (Wildman–Crippen MR) is 213 cm³/mol. The molecule has 0 aromatic rings. The Kier molecular flexibility index (Phi) is 23.9. The van der Waals surface area contributed by atoms with Gasteiger partial charge in [-0.2, -0.15) is 0 Å². The first-order valence-corrected chi connectivity index (χ1v) is 21.5. The first-order valence-electron chi connectivity index (χ1n) is 21.5. The van der Waals surface area contributed by atoms with Crippen molar-refractivity contribution in [1.82, 2.24) is 0 Å². The third-order valence-corrected chi connectivity index (χ3v) is 10.1. The van der Waals surface area contributed by atoms with Gasteiger partial charge in [0.25, 0.3) is 0 Å². The standard InChI is InChI=1S/C43H68O18/c1-10-11-12-13-15-18-21-25(2)22-19-16-14-17-20-23-34(51)60-40-38(57-30(7)48)36(55-28(5)46)37(56-29(6)47)39(58-31(8)49)41(40)61-43-42(59-32(9)50)35(54-27(4)45)33(24-52-43)53-26(3)44/h25,33,35-43H,10-24H2,1-9H3/t25?,33-,35+,36+,37+,38-,39-,40-,41+,42+,43+/m1/s1. The van der Waals surface area contributed by atoms with Gasteiger partial charge in [-0.15, -0.1) is 0 Å². The minimum atomic E-state index is -1.78. The van der Waals surface area contributed by atoms with E-state index in [1.165, 1.54) is 44.9 Å². The first-order chi connectivity index (χ1) is 28.8. The summed E-state index contributed by atoms with van der Waals surface area (Å²) in [6.07, 6.45) is -2.73. The summed E-state index contributed by atoms with van der Waals surface area (Å²) in [5.74, 6) is -6.41. The lowest BCUT2D eigenvalue weighted by atomic mass is 9.83. The summed E-state index contributed by atoms with van der Waals surface area (Å²) in [6.45, 7) is 11.3. The second-order valence-electron chi connectivity index (χ2n) is 15.8. The molecule has 1 heterocycles. The molecule has 0 aromatic heterocycles. The summed E-state index contributed by atoms with van der Waals surface area (Å²) >= 11 is 0. The highest BCUT2D eigenvalue weighted by Gasteiger charge is 2.61. The molecule has 348 valence electrons. The Balaban J connectivity index is 2.43. The second-order valence-corrected chi connectivity index (χ2v) is 15.8. The highest BCUT2D eigenvalue weighted by atomic mass is 16.7. The van der Waals surface area contributed by atoms with Gasteiger partial charge in [-0.05, 0) is 12.3 Å². The van der Waals surface area contributed by atoms with Crippen molar-refractivity contribution in [2.75, 3.05) is 6.61 Å². The zero-order valence-electron chi connectivity index (χ0n) is 37.3. The van der Waals surface area contributed by atoms with Crippen molar-refractivity contribution in [2.45, 2.75) is 213 Å². The van der Waals surface area contributed by atoms with E-state index in [0.29, 0.717) is 18.8 Å². The Morgan fingerprint density at radius 3 is 1.25 bits per heavy atom. The summed E-state index contributed by atoms with van der Waals surface area (Å²) in [4.78, 5) is 101. The second kappa shape index (κ2) is 27.6. The summed E-state index contributed by atoms with van der Waals surface area (Å²) in [5.41, 5.74) is 0. The Labute approximate surface area is 358 Å². The Hall–Kier alpha value is -4.32. The van der Waals surface area contributed by atoms with E-state index in [-0.39, 0.29) is 6.42 Å². The zero-order chi connectivity index (χ0) is 45.6. The van der Waals surface area contributed by atoms with Crippen LogP contribution in [0.25, 0.3) is 0 Å². The number of ether oxygens (including phenoxy) is 10. The molecule has 0 aromatic carbocycles. The molecule has 2 fully saturated rings. The molecule has 18 heteroatoms. The van der Waals surface area contributed by atoms with Crippen molar-refractivity contribution in [1.29, 1.82) is 0 Å². The molecule has 1 saturated carbocycles. The maximum absolute atomic E-state index is 13.7. The van der Waals surface area contributed by atoms with Gasteiger partial charge in [0.2, 0.25) is 0 Å². The third kappa shape index (κ3) is 19.5. The van der Waals surface area contributed by atoms with E-state index in [4.69, 9.17) is 47.4 Å². The highest BCUT2D eigenvalue weighted by Crippen LogP contribution is 2.37. The molecule has 0 N–H and O–H groups in total. The third-order valence-electron chi connectivity index (χ3n) is 10.1. The maximum Gasteiger partial charge on any atom is 0.306 e. The molecular formula is C43H68O18. The van der Waals surface area contributed by atoms with Gasteiger partial charge < -0.3 is 47.4 Å². The van der Waals surface area contributed by atoms with Gasteiger partial charge in [0.1, 0.15) is 6.10 Å². The van der Waals surface area contributed by atoms with Gasteiger partial charge in [0.05, 0.1) is 6.61 Å². The van der Waals surface area contributed by atoms with E-state index < -0.39 is 116 Å².